The van der Waals surface area contributed by atoms with Crippen LogP contribution < -0.4 is 22.6 Å². The minimum absolute atomic E-state index is 0.0338. The number of nitrogens with zero attached hydrogens (tertiary/aromatic N) is 10. The van der Waals surface area contributed by atoms with Crippen molar-refractivity contribution in [3.05, 3.63) is 177 Å². The zero-order chi connectivity index (χ0) is 41.7. The maximum absolute atomic E-state index is 14.7. The van der Waals surface area contributed by atoms with Crippen molar-refractivity contribution < 1.29 is 4.39 Å². The van der Waals surface area contributed by atoms with Crippen LogP contribution >= 0.6 is 0 Å². The average Bonchev–Trinajstić information content (AvgIpc) is 3.84. The first-order chi connectivity index (χ1) is 29.1. The van der Waals surface area contributed by atoms with Gasteiger partial charge in [0, 0.05) is 11.4 Å². The largest absolute Gasteiger partial charge is 0.383 e. The molecule has 10 rings (SSSR count). The fourth-order valence-corrected chi connectivity index (χ4v) is 7.76. The molecule has 4 N–H and O–H groups in total. The molecule has 6 aromatic heterocycles. The number of nitrogens with two attached hydrogens (primary N) is 2. The van der Waals surface area contributed by atoms with E-state index in [1.807, 2.05) is 92.1 Å². The Labute approximate surface area is 340 Å². The van der Waals surface area contributed by atoms with Gasteiger partial charge >= 0.3 is 0 Å². The molecule has 0 atom stereocenters. The molecule has 15 heteroatoms. The minimum Gasteiger partial charge on any atom is -0.383 e. The lowest BCUT2D eigenvalue weighted by Gasteiger charge is -2.18. The molecule has 0 radical (unpaired) electrons. The quantitative estimate of drug-likeness (QED) is 0.186. The van der Waals surface area contributed by atoms with Gasteiger partial charge in [-0.2, -0.15) is 5.10 Å². The Hall–Kier alpha value is -8.07. The number of pyridine rings is 2. The standard InChI is InChI=1S/C23H20N6O.C22H17FN6O/c1-14-6-3-4-9-18(14)29-17(10-16-8-5-7-15(2)19(16)23(29)30)11-28-13-27-20-21(24)25-12-26-22(20)28;1-13-5-4-6-14-9-15(11-28-21-16(10-27-28)20(24)25-12-26-21)29(22(30)19(13)14)18-8-3-2-7-17(18)23/h3-10,12-13H,11H2,1-2H3,(H2,24,25,26);2-10,12H,11H2,1H3,(H2,24,25,26). The van der Waals surface area contributed by atoms with Crippen molar-refractivity contribution in [2.24, 2.45) is 0 Å². The number of imidazole rings is 1. The smallest absolute Gasteiger partial charge is 0.263 e. The van der Waals surface area contributed by atoms with E-state index in [-0.39, 0.29) is 23.4 Å². The van der Waals surface area contributed by atoms with E-state index in [9.17, 15) is 14.0 Å². The van der Waals surface area contributed by atoms with Gasteiger partial charge in [0.1, 0.15) is 29.8 Å². The molecule has 4 aromatic carbocycles. The van der Waals surface area contributed by atoms with Crippen LogP contribution in [-0.4, -0.2) is 48.4 Å². The zero-order valence-corrected chi connectivity index (χ0v) is 32.8. The molecule has 0 aliphatic heterocycles. The molecule has 0 fully saturated rings. The molecule has 296 valence electrons. The van der Waals surface area contributed by atoms with Gasteiger partial charge in [0.25, 0.3) is 11.1 Å². The van der Waals surface area contributed by atoms with E-state index in [0.717, 1.165) is 44.2 Å². The molecular formula is C45H37FN12O2. The second kappa shape index (κ2) is 15.0. The molecule has 0 amide bonds. The Morgan fingerprint density at radius 1 is 0.600 bits per heavy atom. The molecule has 0 saturated heterocycles. The first kappa shape index (κ1) is 37.5. The van der Waals surface area contributed by atoms with Gasteiger partial charge in [-0.1, -0.05) is 66.7 Å². The first-order valence-electron chi connectivity index (χ1n) is 19.0. The third kappa shape index (κ3) is 6.47. The summed E-state index contributed by atoms with van der Waals surface area (Å²) in [6, 6.07) is 29.6. The highest BCUT2D eigenvalue weighted by Crippen LogP contribution is 2.25. The van der Waals surface area contributed by atoms with Crippen molar-refractivity contribution in [1.82, 2.24) is 48.4 Å². The van der Waals surface area contributed by atoms with Crippen LogP contribution in [0.1, 0.15) is 28.1 Å². The van der Waals surface area contributed by atoms with Crippen LogP contribution in [0, 0.1) is 26.6 Å². The number of rotatable bonds is 6. The van der Waals surface area contributed by atoms with Gasteiger partial charge in [0.2, 0.25) is 0 Å². The van der Waals surface area contributed by atoms with E-state index >= 15 is 0 Å². The molecule has 0 saturated carbocycles. The van der Waals surface area contributed by atoms with Crippen LogP contribution in [0.2, 0.25) is 0 Å². The highest BCUT2D eigenvalue weighted by atomic mass is 19.1. The second-order valence-corrected chi connectivity index (χ2v) is 14.5. The molecule has 0 spiro atoms. The van der Waals surface area contributed by atoms with E-state index in [1.165, 1.54) is 23.3 Å². The summed E-state index contributed by atoms with van der Waals surface area (Å²) in [5.74, 6) is 0.182. The lowest BCUT2D eigenvalue weighted by molar-refractivity contribution is 0.606. The molecule has 0 bridgehead atoms. The SMILES string of the molecule is Cc1cccc2cc(Cn3ncc4c(N)ncnc43)n(-c3ccccc3F)c(=O)c12.Cc1ccccc1-n1c(Cn2cnc3c(N)ncnc32)cc2cccc(C)c2c1=O. The Kier molecular flexibility index (Phi) is 9.39. The number of aryl methyl sites for hydroxylation is 3. The molecule has 6 heterocycles. The fraction of sp³-hybridized carbons (Fsp3) is 0.111. The topological polar surface area (TPSA) is 183 Å². The van der Waals surface area contributed by atoms with Crippen LogP contribution in [0.3, 0.4) is 0 Å². The van der Waals surface area contributed by atoms with Crippen molar-refractivity contribution in [1.29, 1.82) is 0 Å². The Morgan fingerprint density at radius 3 is 1.83 bits per heavy atom. The second-order valence-electron chi connectivity index (χ2n) is 14.5. The molecule has 0 unspecified atom stereocenters. The van der Waals surface area contributed by atoms with Crippen LogP contribution in [0.5, 0.6) is 0 Å². The normalized spacial score (nSPS) is 11.4. The van der Waals surface area contributed by atoms with E-state index < -0.39 is 5.82 Å². The van der Waals surface area contributed by atoms with Crippen molar-refractivity contribution >= 4 is 55.4 Å². The summed E-state index contributed by atoms with van der Waals surface area (Å²) in [7, 11) is 0. The summed E-state index contributed by atoms with van der Waals surface area (Å²) in [5.41, 5.74) is 18.5. The number of halogens is 1. The molecule has 14 nitrogen and oxygen atoms in total. The van der Waals surface area contributed by atoms with Crippen molar-refractivity contribution in [2.45, 2.75) is 33.9 Å². The number of hydrogen-bond donors (Lipinski definition) is 2. The van der Waals surface area contributed by atoms with Gasteiger partial charge in [-0.15, -0.1) is 0 Å². The molecule has 0 aliphatic carbocycles. The van der Waals surface area contributed by atoms with E-state index in [4.69, 9.17) is 11.5 Å². The number of para-hydroxylation sites is 2. The lowest BCUT2D eigenvalue weighted by Crippen LogP contribution is -2.25. The van der Waals surface area contributed by atoms with Crippen molar-refractivity contribution in [2.75, 3.05) is 11.5 Å². The third-order valence-electron chi connectivity index (χ3n) is 10.7. The first-order valence-corrected chi connectivity index (χ1v) is 19.0. The molecule has 0 aliphatic rings. The highest BCUT2D eigenvalue weighted by Gasteiger charge is 2.19. The number of aromatic nitrogens is 10. The van der Waals surface area contributed by atoms with E-state index in [1.54, 1.807) is 40.0 Å². The monoisotopic (exact) mass is 796 g/mol. The van der Waals surface area contributed by atoms with Crippen LogP contribution in [0.25, 0.3) is 55.1 Å². The van der Waals surface area contributed by atoms with Gasteiger partial charge in [0.05, 0.1) is 53.1 Å². The molecular weight excluding hydrogens is 760 g/mol. The van der Waals surface area contributed by atoms with Gasteiger partial charge in [-0.3, -0.25) is 18.7 Å². The van der Waals surface area contributed by atoms with E-state index in [2.05, 4.69) is 36.1 Å². The Bertz CT molecular complexity index is 3200. The van der Waals surface area contributed by atoms with Crippen LogP contribution in [0.15, 0.2) is 132 Å². The van der Waals surface area contributed by atoms with Crippen molar-refractivity contribution in [3.8, 4) is 11.4 Å². The maximum atomic E-state index is 14.7. The Balaban J connectivity index is 0.000000154. The van der Waals surface area contributed by atoms with E-state index in [0.29, 0.717) is 51.5 Å². The maximum Gasteiger partial charge on any atom is 0.263 e. The van der Waals surface area contributed by atoms with Crippen LogP contribution in [-0.2, 0) is 13.1 Å². The number of hydrogen-bond acceptors (Lipinski definition) is 10. The van der Waals surface area contributed by atoms with Gasteiger partial charge < -0.3 is 16.0 Å². The fourth-order valence-electron chi connectivity index (χ4n) is 7.76. The summed E-state index contributed by atoms with van der Waals surface area (Å²) < 4.78 is 21.4. The predicted molar refractivity (Wildman–Crippen MR) is 231 cm³/mol. The summed E-state index contributed by atoms with van der Waals surface area (Å²) in [6.07, 6.45) is 6.06. The number of anilines is 2. The molecule has 60 heavy (non-hydrogen) atoms. The summed E-state index contributed by atoms with van der Waals surface area (Å²) in [4.78, 5) is 48.1. The summed E-state index contributed by atoms with van der Waals surface area (Å²) in [6.45, 7) is 6.46. The third-order valence-corrected chi connectivity index (χ3v) is 10.7. The lowest BCUT2D eigenvalue weighted by atomic mass is 10.1. The minimum atomic E-state index is -0.481. The predicted octanol–water partition coefficient (Wildman–Crippen LogP) is 6.59. The van der Waals surface area contributed by atoms with Gasteiger partial charge in [0.15, 0.2) is 17.1 Å². The van der Waals surface area contributed by atoms with Gasteiger partial charge in [-0.05, 0) is 78.6 Å². The van der Waals surface area contributed by atoms with Crippen molar-refractivity contribution in [3.63, 3.8) is 0 Å². The highest BCUT2D eigenvalue weighted by molar-refractivity contribution is 5.87. The average molecular weight is 797 g/mol. The number of benzene rings is 4. The molecule has 10 aromatic rings. The summed E-state index contributed by atoms with van der Waals surface area (Å²) in [5, 5.41) is 7.97. The van der Waals surface area contributed by atoms with Gasteiger partial charge in [-0.25, -0.2) is 34.0 Å². The number of fused-ring (bicyclic) bond motifs is 4. The summed E-state index contributed by atoms with van der Waals surface area (Å²) >= 11 is 0. The van der Waals surface area contributed by atoms with Crippen LogP contribution in [0.4, 0.5) is 16.0 Å². The number of nitrogen functional groups attached to an aromatic ring is 2. The Morgan fingerprint density at radius 2 is 1.17 bits per heavy atom. The zero-order valence-electron chi connectivity index (χ0n) is 32.8.